The van der Waals surface area contributed by atoms with E-state index in [0.29, 0.717) is 18.1 Å². The predicted molar refractivity (Wildman–Crippen MR) is 59.2 cm³/mol. The van der Waals surface area contributed by atoms with Crippen LogP contribution in [0, 0.1) is 0 Å². The highest BCUT2D eigenvalue weighted by Crippen LogP contribution is 2.14. The molecule has 0 saturated heterocycles. The first-order chi connectivity index (χ1) is 7.25. The Labute approximate surface area is 89.8 Å². The zero-order valence-electron chi connectivity index (χ0n) is 8.90. The van der Waals surface area contributed by atoms with E-state index in [1.165, 1.54) is 6.92 Å². The summed E-state index contributed by atoms with van der Waals surface area (Å²) in [4.78, 5) is 15.2. The average molecular weight is 205 g/mol. The summed E-state index contributed by atoms with van der Waals surface area (Å²) >= 11 is 0. The summed E-state index contributed by atoms with van der Waals surface area (Å²) in [6.07, 6.45) is 5.25. The minimum absolute atomic E-state index is 0.0261. The molecule has 3 nitrogen and oxygen atoms in total. The highest BCUT2D eigenvalue weighted by molar-refractivity contribution is 5.96. The Morgan fingerprint density at radius 2 is 2.47 bits per heavy atom. The number of unbranched alkanes of at least 4 members (excludes halogenated alkanes) is 1. The first-order valence-corrected chi connectivity index (χ1v) is 4.95. The number of ketones is 1. The molecule has 0 aliphatic carbocycles. The normalized spacial score (nSPS) is 9.67. The molecule has 1 rings (SSSR count). The van der Waals surface area contributed by atoms with Crippen molar-refractivity contribution in [2.75, 3.05) is 6.61 Å². The minimum atomic E-state index is -0.0261. The molecule has 0 radical (unpaired) electrons. The van der Waals surface area contributed by atoms with Gasteiger partial charge in [0.25, 0.3) is 0 Å². The molecule has 1 aromatic heterocycles. The van der Waals surface area contributed by atoms with Gasteiger partial charge in [0.15, 0.2) is 5.78 Å². The molecule has 0 spiro atoms. The maximum absolute atomic E-state index is 11.2. The Morgan fingerprint density at radius 3 is 3.13 bits per heavy atom. The number of carbonyl (C=O) groups excluding carboxylic acids is 1. The van der Waals surface area contributed by atoms with Crippen molar-refractivity contribution in [1.82, 2.24) is 4.98 Å². The molecule has 0 amide bonds. The quantitative estimate of drug-likeness (QED) is 0.407. The van der Waals surface area contributed by atoms with Crippen LogP contribution in [0.3, 0.4) is 0 Å². The molecule has 0 unspecified atom stereocenters. The molecule has 0 aromatic carbocycles. The number of allylic oxidation sites excluding steroid dienone is 1. The lowest BCUT2D eigenvalue weighted by atomic mass is 10.2. The third-order valence-electron chi connectivity index (χ3n) is 1.94. The molecule has 0 fully saturated rings. The van der Waals surface area contributed by atoms with E-state index in [1.54, 1.807) is 18.3 Å². The van der Waals surface area contributed by atoms with Gasteiger partial charge in [0.05, 0.1) is 12.2 Å². The summed E-state index contributed by atoms with van der Waals surface area (Å²) in [6.45, 7) is 5.69. The van der Waals surface area contributed by atoms with Gasteiger partial charge in [0.2, 0.25) is 5.88 Å². The van der Waals surface area contributed by atoms with Gasteiger partial charge in [-0.3, -0.25) is 4.79 Å². The molecular weight excluding hydrogens is 190 g/mol. The van der Waals surface area contributed by atoms with E-state index in [1.807, 2.05) is 6.08 Å². The van der Waals surface area contributed by atoms with Crippen LogP contribution >= 0.6 is 0 Å². The summed E-state index contributed by atoms with van der Waals surface area (Å²) in [7, 11) is 0. The van der Waals surface area contributed by atoms with Crippen LogP contribution in [-0.2, 0) is 0 Å². The minimum Gasteiger partial charge on any atom is -0.477 e. The monoisotopic (exact) mass is 205 g/mol. The molecule has 15 heavy (non-hydrogen) atoms. The first kappa shape index (κ1) is 11.4. The number of hydrogen-bond acceptors (Lipinski definition) is 3. The van der Waals surface area contributed by atoms with Gasteiger partial charge in [0.1, 0.15) is 0 Å². The molecule has 0 aliphatic heterocycles. The predicted octanol–water partition coefficient (Wildman–Crippen LogP) is 2.63. The molecule has 0 aliphatic rings. The van der Waals surface area contributed by atoms with Crippen LogP contribution < -0.4 is 4.74 Å². The molecule has 1 aromatic rings. The molecule has 1 heterocycles. The molecule has 0 N–H and O–H groups in total. The van der Waals surface area contributed by atoms with Crippen molar-refractivity contribution in [3.8, 4) is 5.88 Å². The second-order valence-electron chi connectivity index (χ2n) is 3.19. The molecule has 0 bridgehead atoms. The fourth-order valence-corrected chi connectivity index (χ4v) is 1.17. The number of Topliss-reactive ketones (excluding diaryl/α,β-unsaturated/α-hetero) is 1. The maximum atomic E-state index is 11.2. The topological polar surface area (TPSA) is 39.2 Å². The lowest BCUT2D eigenvalue weighted by Crippen LogP contribution is -2.04. The number of ether oxygens (including phenoxy) is 1. The Kier molecular flexibility index (Phi) is 4.54. The van der Waals surface area contributed by atoms with Crippen LogP contribution in [0.2, 0.25) is 0 Å². The zero-order valence-corrected chi connectivity index (χ0v) is 8.90. The van der Waals surface area contributed by atoms with Gasteiger partial charge in [0, 0.05) is 6.20 Å². The van der Waals surface area contributed by atoms with Crippen molar-refractivity contribution < 1.29 is 9.53 Å². The van der Waals surface area contributed by atoms with Crippen LogP contribution in [0.15, 0.2) is 31.0 Å². The summed E-state index contributed by atoms with van der Waals surface area (Å²) in [5.74, 6) is 0.399. The highest BCUT2D eigenvalue weighted by Gasteiger charge is 2.08. The zero-order chi connectivity index (χ0) is 11.1. The second-order valence-corrected chi connectivity index (χ2v) is 3.19. The van der Waals surface area contributed by atoms with Crippen LogP contribution in [0.4, 0.5) is 0 Å². The molecule has 0 atom stereocenters. The molecule has 3 heteroatoms. The average Bonchev–Trinajstić information content (AvgIpc) is 2.25. The van der Waals surface area contributed by atoms with Crippen LogP contribution in [0.25, 0.3) is 0 Å². The van der Waals surface area contributed by atoms with Crippen LogP contribution in [0.5, 0.6) is 5.88 Å². The van der Waals surface area contributed by atoms with Gasteiger partial charge in [-0.15, -0.1) is 6.58 Å². The lowest BCUT2D eigenvalue weighted by Gasteiger charge is -2.07. The SMILES string of the molecule is C=CCCCOc1ncccc1C(C)=O. The smallest absolute Gasteiger partial charge is 0.224 e. The van der Waals surface area contributed by atoms with Crippen LogP contribution in [0.1, 0.15) is 30.1 Å². The van der Waals surface area contributed by atoms with E-state index in [0.717, 1.165) is 12.8 Å². The first-order valence-electron chi connectivity index (χ1n) is 4.95. The Morgan fingerprint density at radius 1 is 1.67 bits per heavy atom. The Hall–Kier alpha value is -1.64. The third-order valence-corrected chi connectivity index (χ3v) is 1.94. The Balaban J connectivity index is 2.59. The lowest BCUT2D eigenvalue weighted by molar-refractivity contribution is 0.101. The summed E-state index contributed by atoms with van der Waals surface area (Å²) in [5.41, 5.74) is 0.538. The Bertz CT molecular complexity index is 347. The molecule has 80 valence electrons. The fourth-order valence-electron chi connectivity index (χ4n) is 1.17. The van der Waals surface area contributed by atoms with Gasteiger partial charge >= 0.3 is 0 Å². The van der Waals surface area contributed by atoms with E-state index in [4.69, 9.17) is 4.74 Å². The number of carbonyl (C=O) groups is 1. The number of hydrogen-bond donors (Lipinski definition) is 0. The standard InChI is InChI=1S/C12H15NO2/c1-3-4-5-9-15-12-11(10(2)14)7-6-8-13-12/h3,6-8H,1,4-5,9H2,2H3. The van der Waals surface area contributed by atoms with E-state index < -0.39 is 0 Å². The van der Waals surface area contributed by atoms with Crippen LogP contribution in [-0.4, -0.2) is 17.4 Å². The molecular formula is C12H15NO2. The van der Waals surface area contributed by atoms with E-state index in [-0.39, 0.29) is 5.78 Å². The number of aromatic nitrogens is 1. The van der Waals surface area contributed by atoms with E-state index in [9.17, 15) is 4.79 Å². The van der Waals surface area contributed by atoms with Gasteiger partial charge < -0.3 is 4.74 Å². The highest BCUT2D eigenvalue weighted by atomic mass is 16.5. The van der Waals surface area contributed by atoms with Crippen molar-refractivity contribution in [1.29, 1.82) is 0 Å². The second kappa shape index (κ2) is 5.96. The van der Waals surface area contributed by atoms with Gasteiger partial charge in [-0.25, -0.2) is 4.98 Å². The van der Waals surface area contributed by atoms with Crippen molar-refractivity contribution in [2.45, 2.75) is 19.8 Å². The summed E-state index contributed by atoms with van der Waals surface area (Å²) < 4.78 is 5.42. The van der Waals surface area contributed by atoms with Crippen molar-refractivity contribution in [2.24, 2.45) is 0 Å². The van der Waals surface area contributed by atoms with Crippen molar-refractivity contribution >= 4 is 5.78 Å². The maximum Gasteiger partial charge on any atom is 0.224 e. The fraction of sp³-hybridized carbons (Fsp3) is 0.333. The largest absolute Gasteiger partial charge is 0.477 e. The van der Waals surface area contributed by atoms with Gasteiger partial charge in [-0.05, 0) is 31.9 Å². The number of rotatable bonds is 6. The van der Waals surface area contributed by atoms with Gasteiger partial charge in [-0.2, -0.15) is 0 Å². The van der Waals surface area contributed by atoms with E-state index >= 15 is 0 Å². The van der Waals surface area contributed by atoms with Gasteiger partial charge in [-0.1, -0.05) is 6.08 Å². The van der Waals surface area contributed by atoms with E-state index in [2.05, 4.69) is 11.6 Å². The summed E-state index contributed by atoms with van der Waals surface area (Å²) in [5, 5.41) is 0. The third kappa shape index (κ3) is 3.54. The summed E-state index contributed by atoms with van der Waals surface area (Å²) in [6, 6.07) is 3.45. The van der Waals surface area contributed by atoms with Crippen molar-refractivity contribution in [3.63, 3.8) is 0 Å². The number of nitrogens with zero attached hydrogens (tertiary/aromatic N) is 1. The van der Waals surface area contributed by atoms with Crippen molar-refractivity contribution in [3.05, 3.63) is 36.5 Å². The number of pyridine rings is 1. The molecule has 0 saturated carbocycles.